The molecular formula is C26H33N3O2. The molecule has 0 saturated carbocycles. The van der Waals surface area contributed by atoms with Crippen molar-refractivity contribution in [2.75, 3.05) is 43.6 Å². The minimum absolute atomic E-state index is 0.0579. The molecule has 1 heterocycles. The number of para-hydroxylation sites is 1. The predicted octanol–water partition coefficient (Wildman–Crippen LogP) is 4.74. The summed E-state index contributed by atoms with van der Waals surface area (Å²) >= 11 is 0. The number of amides is 1. The minimum Gasteiger partial charge on any atom is -0.383 e. The lowest BCUT2D eigenvalue weighted by molar-refractivity contribution is 0.0937. The van der Waals surface area contributed by atoms with Crippen LogP contribution in [0.1, 0.15) is 53.7 Å². The normalized spacial score (nSPS) is 21.2. The first-order chi connectivity index (χ1) is 15.2. The van der Waals surface area contributed by atoms with Gasteiger partial charge in [-0.1, -0.05) is 36.4 Å². The summed E-state index contributed by atoms with van der Waals surface area (Å²) in [5.41, 5.74) is 5.41. The number of carbonyl (C=O) groups excluding carboxylic acids is 1. The smallest absolute Gasteiger partial charge is 0.253 e. The summed E-state index contributed by atoms with van der Waals surface area (Å²) in [6.45, 7) is 7.38. The average Bonchev–Trinajstić information content (AvgIpc) is 3.30. The van der Waals surface area contributed by atoms with E-state index >= 15 is 0 Å². The molecule has 5 nitrogen and oxygen atoms in total. The molecule has 2 aromatic rings. The summed E-state index contributed by atoms with van der Waals surface area (Å²) in [5.74, 6) is 0.728. The fraction of sp³-hybridized carbons (Fsp3) is 0.423. The highest BCUT2D eigenvalue weighted by atomic mass is 16.5. The van der Waals surface area contributed by atoms with Gasteiger partial charge in [-0.2, -0.15) is 0 Å². The fourth-order valence-electron chi connectivity index (χ4n) is 4.98. The SMILES string of the molecule is CCN(CC)c1ccc(C2Nc3c(C(=O)NCCOC)cccc3C3C=CCC32)cc1. The van der Waals surface area contributed by atoms with Crippen LogP contribution in [0.3, 0.4) is 0 Å². The molecule has 0 bridgehead atoms. The van der Waals surface area contributed by atoms with Gasteiger partial charge >= 0.3 is 0 Å². The third-order valence-corrected chi connectivity index (χ3v) is 6.61. The lowest BCUT2D eigenvalue weighted by Crippen LogP contribution is -2.33. The Bertz CT molecular complexity index is 934. The molecule has 0 saturated heterocycles. The number of nitrogens with zero attached hydrogens (tertiary/aromatic N) is 1. The first kappa shape index (κ1) is 21.4. The first-order valence-corrected chi connectivity index (χ1v) is 11.4. The zero-order valence-electron chi connectivity index (χ0n) is 18.7. The van der Waals surface area contributed by atoms with E-state index in [4.69, 9.17) is 4.74 Å². The molecule has 4 rings (SSSR count). The van der Waals surface area contributed by atoms with E-state index < -0.39 is 0 Å². The molecule has 5 heteroatoms. The second kappa shape index (κ2) is 9.56. The summed E-state index contributed by atoms with van der Waals surface area (Å²) < 4.78 is 5.07. The number of hydrogen-bond acceptors (Lipinski definition) is 4. The number of hydrogen-bond donors (Lipinski definition) is 2. The van der Waals surface area contributed by atoms with Gasteiger partial charge in [0.25, 0.3) is 5.91 Å². The molecule has 31 heavy (non-hydrogen) atoms. The van der Waals surface area contributed by atoms with Gasteiger partial charge in [0.1, 0.15) is 0 Å². The zero-order chi connectivity index (χ0) is 21.8. The fourth-order valence-corrected chi connectivity index (χ4v) is 4.98. The summed E-state index contributed by atoms with van der Waals surface area (Å²) in [6.07, 6.45) is 5.65. The average molecular weight is 420 g/mol. The minimum atomic E-state index is -0.0579. The van der Waals surface area contributed by atoms with Crippen LogP contribution in [-0.2, 0) is 4.74 Å². The van der Waals surface area contributed by atoms with Crippen molar-refractivity contribution >= 4 is 17.3 Å². The Balaban J connectivity index is 1.65. The molecule has 2 aliphatic rings. The maximum absolute atomic E-state index is 12.9. The Hall–Kier alpha value is -2.79. The number of anilines is 2. The molecule has 0 spiro atoms. The monoisotopic (exact) mass is 419 g/mol. The highest BCUT2D eigenvalue weighted by molar-refractivity contribution is 6.00. The summed E-state index contributed by atoms with van der Waals surface area (Å²) in [6, 6.07) is 15.2. The van der Waals surface area contributed by atoms with Crippen LogP contribution in [0.25, 0.3) is 0 Å². The third-order valence-electron chi connectivity index (χ3n) is 6.61. The number of rotatable bonds is 8. The van der Waals surface area contributed by atoms with E-state index in [-0.39, 0.29) is 11.9 Å². The van der Waals surface area contributed by atoms with E-state index in [1.807, 2.05) is 12.1 Å². The molecule has 3 unspecified atom stereocenters. The first-order valence-electron chi connectivity index (χ1n) is 11.4. The standard InChI is InChI=1S/C26H33N3O2/c1-4-29(5-2)19-14-12-18(13-15-19)24-21-9-6-8-20(21)22-10-7-11-23(25(22)28-24)26(30)27-16-17-31-3/h6-8,10-15,20-21,24,28H,4-5,9,16-17H2,1-3H3,(H,27,30). The molecule has 0 radical (unpaired) electrons. The highest BCUT2D eigenvalue weighted by Crippen LogP contribution is 2.50. The summed E-state index contributed by atoms with van der Waals surface area (Å²) in [5, 5.41) is 6.73. The maximum Gasteiger partial charge on any atom is 0.253 e. The van der Waals surface area contributed by atoms with E-state index in [9.17, 15) is 4.79 Å². The Morgan fingerprint density at radius 2 is 1.94 bits per heavy atom. The molecule has 1 aliphatic heterocycles. The van der Waals surface area contributed by atoms with Gasteiger partial charge < -0.3 is 20.3 Å². The number of fused-ring (bicyclic) bond motifs is 3. The van der Waals surface area contributed by atoms with Gasteiger partial charge in [0.05, 0.1) is 23.9 Å². The number of carbonyl (C=O) groups is 1. The van der Waals surface area contributed by atoms with Crippen molar-refractivity contribution in [2.45, 2.75) is 32.2 Å². The van der Waals surface area contributed by atoms with Crippen LogP contribution >= 0.6 is 0 Å². The largest absolute Gasteiger partial charge is 0.383 e. The Kier molecular flexibility index (Phi) is 6.62. The van der Waals surface area contributed by atoms with Crippen LogP contribution in [0.4, 0.5) is 11.4 Å². The molecule has 2 N–H and O–H groups in total. The molecule has 0 aromatic heterocycles. The van der Waals surface area contributed by atoms with Gasteiger partial charge in [-0.25, -0.2) is 0 Å². The van der Waals surface area contributed by atoms with Gasteiger partial charge in [-0.15, -0.1) is 0 Å². The molecule has 1 aliphatic carbocycles. The van der Waals surface area contributed by atoms with E-state index in [0.29, 0.717) is 30.6 Å². The number of ether oxygens (including phenoxy) is 1. The van der Waals surface area contributed by atoms with E-state index in [2.05, 4.69) is 71.9 Å². The van der Waals surface area contributed by atoms with Crippen LogP contribution in [-0.4, -0.2) is 39.3 Å². The van der Waals surface area contributed by atoms with Crippen LogP contribution < -0.4 is 15.5 Å². The second-order valence-electron chi connectivity index (χ2n) is 8.26. The molecule has 2 aromatic carbocycles. The van der Waals surface area contributed by atoms with Gasteiger partial charge in [0, 0.05) is 38.3 Å². The van der Waals surface area contributed by atoms with Crippen molar-refractivity contribution < 1.29 is 9.53 Å². The quantitative estimate of drug-likeness (QED) is 0.480. The molecule has 164 valence electrons. The lowest BCUT2D eigenvalue weighted by Gasteiger charge is -2.38. The zero-order valence-corrected chi connectivity index (χ0v) is 18.7. The molecular weight excluding hydrogens is 386 g/mol. The van der Waals surface area contributed by atoms with E-state index in [0.717, 1.165) is 25.2 Å². The number of allylic oxidation sites excluding steroid dienone is 2. The van der Waals surface area contributed by atoms with Crippen LogP contribution in [0, 0.1) is 5.92 Å². The van der Waals surface area contributed by atoms with Gasteiger partial charge in [0.15, 0.2) is 0 Å². The van der Waals surface area contributed by atoms with Crippen molar-refractivity contribution in [2.24, 2.45) is 5.92 Å². The van der Waals surface area contributed by atoms with Crippen molar-refractivity contribution in [3.8, 4) is 0 Å². The Morgan fingerprint density at radius 1 is 1.16 bits per heavy atom. The van der Waals surface area contributed by atoms with E-state index in [1.54, 1.807) is 7.11 Å². The van der Waals surface area contributed by atoms with Gasteiger partial charge in [0.2, 0.25) is 0 Å². The predicted molar refractivity (Wildman–Crippen MR) is 127 cm³/mol. The van der Waals surface area contributed by atoms with Gasteiger partial charge in [-0.05, 0) is 55.5 Å². The molecule has 3 atom stereocenters. The highest BCUT2D eigenvalue weighted by Gasteiger charge is 2.39. The van der Waals surface area contributed by atoms with Crippen molar-refractivity contribution in [3.63, 3.8) is 0 Å². The lowest BCUT2D eigenvalue weighted by atomic mass is 9.76. The van der Waals surface area contributed by atoms with Gasteiger partial charge in [-0.3, -0.25) is 4.79 Å². The summed E-state index contributed by atoms with van der Waals surface area (Å²) in [4.78, 5) is 15.2. The van der Waals surface area contributed by atoms with Crippen molar-refractivity contribution in [3.05, 3.63) is 71.3 Å². The Morgan fingerprint density at radius 3 is 2.65 bits per heavy atom. The number of benzene rings is 2. The third kappa shape index (κ3) is 4.19. The topological polar surface area (TPSA) is 53.6 Å². The maximum atomic E-state index is 12.9. The molecule has 0 fully saturated rings. The van der Waals surface area contributed by atoms with E-state index in [1.165, 1.54) is 16.8 Å². The van der Waals surface area contributed by atoms with Crippen LogP contribution in [0.15, 0.2) is 54.6 Å². The summed E-state index contributed by atoms with van der Waals surface area (Å²) in [7, 11) is 1.64. The van der Waals surface area contributed by atoms with Crippen molar-refractivity contribution in [1.82, 2.24) is 5.32 Å². The van der Waals surface area contributed by atoms with Crippen molar-refractivity contribution in [1.29, 1.82) is 0 Å². The number of nitrogens with one attached hydrogen (secondary N) is 2. The van der Waals surface area contributed by atoms with Crippen LogP contribution in [0.5, 0.6) is 0 Å². The second-order valence-corrected chi connectivity index (χ2v) is 8.26. The number of methoxy groups -OCH3 is 1. The molecule has 1 amide bonds. The van der Waals surface area contributed by atoms with Crippen LogP contribution in [0.2, 0.25) is 0 Å². The Labute approximate surface area is 185 Å².